The minimum Gasteiger partial charge on any atom is -0.496 e. The van der Waals surface area contributed by atoms with Gasteiger partial charge in [0.25, 0.3) is 0 Å². The molecule has 20 heavy (non-hydrogen) atoms. The summed E-state index contributed by atoms with van der Waals surface area (Å²) >= 11 is 6.56. The molecule has 0 aliphatic heterocycles. The van der Waals surface area contributed by atoms with E-state index < -0.39 is 0 Å². The molecule has 0 spiro atoms. The highest BCUT2D eigenvalue weighted by atomic mass is 35.5. The van der Waals surface area contributed by atoms with E-state index in [1.54, 1.807) is 7.11 Å². The molecule has 0 heterocycles. The molecule has 106 valence electrons. The van der Waals surface area contributed by atoms with Gasteiger partial charge in [0, 0.05) is 0 Å². The van der Waals surface area contributed by atoms with Gasteiger partial charge < -0.3 is 4.74 Å². The predicted octanol–water partition coefficient (Wildman–Crippen LogP) is 5.14. The number of benzene rings is 2. The zero-order chi connectivity index (χ0) is 14.7. The Morgan fingerprint density at radius 1 is 0.950 bits per heavy atom. The second kappa shape index (κ2) is 6.32. The molecular formula is C18H21ClO. The largest absolute Gasteiger partial charge is 0.496 e. The van der Waals surface area contributed by atoms with E-state index in [1.165, 1.54) is 16.7 Å². The van der Waals surface area contributed by atoms with Gasteiger partial charge in [-0.1, -0.05) is 30.3 Å². The SMILES string of the molecule is COc1ccc(C(Cl)Cc2ccc(C)c(C)c2)cc1C. The molecule has 1 atom stereocenters. The first-order valence-electron chi connectivity index (χ1n) is 6.86. The molecule has 2 rings (SSSR count). The summed E-state index contributed by atoms with van der Waals surface area (Å²) in [6, 6.07) is 12.7. The highest BCUT2D eigenvalue weighted by molar-refractivity contribution is 6.20. The van der Waals surface area contributed by atoms with Crippen molar-refractivity contribution in [1.29, 1.82) is 0 Å². The van der Waals surface area contributed by atoms with Gasteiger partial charge in [0.2, 0.25) is 0 Å². The lowest BCUT2D eigenvalue weighted by Crippen LogP contribution is -1.98. The van der Waals surface area contributed by atoms with Crippen LogP contribution in [0.4, 0.5) is 0 Å². The molecule has 0 aliphatic carbocycles. The van der Waals surface area contributed by atoms with Crippen LogP contribution in [0, 0.1) is 20.8 Å². The minimum atomic E-state index is -0.0123. The molecule has 1 unspecified atom stereocenters. The number of aryl methyl sites for hydroxylation is 3. The molecule has 0 saturated heterocycles. The van der Waals surface area contributed by atoms with Crippen molar-refractivity contribution in [3.8, 4) is 5.75 Å². The van der Waals surface area contributed by atoms with Gasteiger partial charge in [0.05, 0.1) is 12.5 Å². The molecular weight excluding hydrogens is 268 g/mol. The molecule has 0 N–H and O–H groups in total. The summed E-state index contributed by atoms with van der Waals surface area (Å²) in [6.45, 7) is 6.31. The van der Waals surface area contributed by atoms with Crippen molar-refractivity contribution in [2.45, 2.75) is 32.6 Å². The van der Waals surface area contributed by atoms with Gasteiger partial charge in [0.15, 0.2) is 0 Å². The highest BCUT2D eigenvalue weighted by Gasteiger charge is 2.11. The van der Waals surface area contributed by atoms with E-state index in [-0.39, 0.29) is 5.38 Å². The summed E-state index contributed by atoms with van der Waals surface area (Å²) < 4.78 is 5.28. The van der Waals surface area contributed by atoms with E-state index in [0.29, 0.717) is 0 Å². The number of halogens is 1. The fourth-order valence-electron chi connectivity index (χ4n) is 2.35. The average molecular weight is 289 g/mol. The Balaban J connectivity index is 2.17. The topological polar surface area (TPSA) is 9.23 Å². The van der Waals surface area contributed by atoms with E-state index in [9.17, 15) is 0 Å². The van der Waals surface area contributed by atoms with Gasteiger partial charge in [-0.25, -0.2) is 0 Å². The number of methoxy groups -OCH3 is 1. The molecule has 1 nitrogen and oxygen atoms in total. The quantitative estimate of drug-likeness (QED) is 0.708. The summed E-state index contributed by atoms with van der Waals surface area (Å²) in [5.74, 6) is 0.906. The molecule has 2 heteroatoms. The molecule has 2 aromatic rings. The molecule has 0 saturated carbocycles. The fourth-order valence-corrected chi connectivity index (χ4v) is 2.67. The fraction of sp³-hybridized carbons (Fsp3) is 0.333. The third kappa shape index (κ3) is 3.34. The molecule has 0 aliphatic rings. The number of hydrogen-bond acceptors (Lipinski definition) is 1. The average Bonchev–Trinajstić information content (AvgIpc) is 2.42. The summed E-state index contributed by atoms with van der Waals surface area (Å²) in [6.07, 6.45) is 0.842. The Hall–Kier alpha value is -1.47. The minimum absolute atomic E-state index is 0.0123. The van der Waals surface area contributed by atoms with Crippen LogP contribution in [0.2, 0.25) is 0 Å². The monoisotopic (exact) mass is 288 g/mol. The molecule has 0 bridgehead atoms. The Labute approximate surface area is 126 Å². The summed E-state index contributed by atoms with van der Waals surface area (Å²) in [4.78, 5) is 0. The van der Waals surface area contributed by atoms with E-state index >= 15 is 0 Å². The highest BCUT2D eigenvalue weighted by Crippen LogP contribution is 2.29. The molecule has 0 fully saturated rings. The molecule has 0 aromatic heterocycles. The second-order valence-corrected chi connectivity index (χ2v) is 5.85. The van der Waals surface area contributed by atoms with Gasteiger partial charge in [-0.15, -0.1) is 11.6 Å². The lowest BCUT2D eigenvalue weighted by molar-refractivity contribution is 0.411. The normalized spacial score (nSPS) is 12.2. The zero-order valence-corrected chi connectivity index (χ0v) is 13.3. The smallest absolute Gasteiger partial charge is 0.121 e. The first kappa shape index (κ1) is 14.9. The predicted molar refractivity (Wildman–Crippen MR) is 85.9 cm³/mol. The van der Waals surface area contributed by atoms with Crippen LogP contribution < -0.4 is 4.74 Å². The maximum absolute atomic E-state index is 6.56. The van der Waals surface area contributed by atoms with Crippen LogP contribution in [0.3, 0.4) is 0 Å². The van der Waals surface area contributed by atoms with E-state index in [1.807, 2.05) is 19.1 Å². The Kier molecular flexibility index (Phi) is 4.72. The van der Waals surface area contributed by atoms with Crippen molar-refractivity contribution < 1.29 is 4.74 Å². The third-order valence-corrected chi connectivity index (χ3v) is 4.17. The van der Waals surface area contributed by atoms with Crippen molar-refractivity contribution in [2.24, 2.45) is 0 Å². The third-order valence-electron chi connectivity index (χ3n) is 3.77. The molecule has 0 amide bonds. The molecule has 0 radical (unpaired) electrons. The van der Waals surface area contributed by atoms with Gasteiger partial charge in [-0.05, 0) is 61.1 Å². The van der Waals surface area contributed by atoms with Crippen LogP contribution in [0.1, 0.15) is 33.2 Å². The summed E-state index contributed by atoms with van der Waals surface area (Å²) in [7, 11) is 1.69. The lowest BCUT2D eigenvalue weighted by Gasteiger charge is -2.13. The second-order valence-electron chi connectivity index (χ2n) is 5.32. The summed E-state index contributed by atoms with van der Waals surface area (Å²) in [5.41, 5.74) is 6.18. The first-order chi connectivity index (χ1) is 9.51. The van der Waals surface area contributed by atoms with Crippen molar-refractivity contribution >= 4 is 11.6 Å². The van der Waals surface area contributed by atoms with Crippen LogP contribution in [0.15, 0.2) is 36.4 Å². The van der Waals surface area contributed by atoms with Gasteiger partial charge in [-0.2, -0.15) is 0 Å². The standard InChI is InChI=1S/C18H21ClO/c1-12-5-6-15(9-13(12)2)11-17(19)16-7-8-18(20-4)14(3)10-16/h5-10,17H,11H2,1-4H3. The van der Waals surface area contributed by atoms with E-state index in [0.717, 1.165) is 23.3 Å². The van der Waals surface area contributed by atoms with E-state index in [2.05, 4.69) is 38.1 Å². The van der Waals surface area contributed by atoms with Crippen molar-refractivity contribution in [3.05, 3.63) is 64.2 Å². The Morgan fingerprint density at radius 3 is 2.30 bits per heavy atom. The number of ether oxygens (including phenoxy) is 1. The van der Waals surface area contributed by atoms with Crippen LogP contribution in [0.5, 0.6) is 5.75 Å². The Morgan fingerprint density at radius 2 is 1.70 bits per heavy atom. The van der Waals surface area contributed by atoms with Crippen LogP contribution in [-0.2, 0) is 6.42 Å². The van der Waals surface area contributed by atoms with Gasteiger partial charge >= 0.3 is 0 Å². The van der Waals surface area contributed by atoms with E-state index in [4.69, 9.17) is 16.3 Å². The zero-order valence-electron chi connectivity index (χ0n) is 12.5. The van der Waals surface area contributed by atoms with Crippen LogP contribution in [0.25, 0.3) is 0 Å². The van der Waals surface area contributed by atoms with Crippen LogP contribution >= 0.6 is 11.6 Å². The van der Waals surface area contributed by atoms with Crippen molar-refractivity contribution in [3.63, 3.8) is 0 Å². The number of alkyl halides is 1. The van der Waals surface area contributed by atoms with Crippen LogP contribution in [-0.4, -0.2) is 7.11 Å². The van der Waals surface area contributed by atoms with Crippen molar-refractivity contribution in [2.75, 3.05) is 7.11 Å². The lowest BCUT2D eigenvalue weighted by atomic mass is 9.99. The maximum atomic E-state index is 6.56. The maximum Gasteiger partial charge on any atom is 0.121 e. The van der Waals surface area contributed by atoms with Crippen molar-refractivity contribution in [1.82, 2.24) is 0 Å². The van der Waals surface area contributed by atoms with Gasteiger partial charge in [0.1, 0.15) is 5.75 Å². The van der Waals surface area contributed by atoms with Gasteiger partial charge in [-0.3, -0.25) is 0 Å². The number of rotatable bonds is 4. The Bertz CT molecular complexity index is 604. The molecule has 2 aromatic carbocycles. The summed E-state index contributed by atoms with van der Waals surface area (Å²) in [5, 5.41) is -0.0123. The first-order valence-corrected chi connectivity index (χ1v) is 7.29. The number of hydrogen-bond donors (Lipinski definition) is 0.